The summed E-state index contributed by atoms with van der Waals surface area (Å²) in [7, 11) is 1.48. The van der Waals surface area contributed by atoms with Crippen molar-refractivity contribution < 1.29 is 14.3 Å². The third kappa shape index (κ3) is 4.27. The van der Waals surface area contributed by atoms with Crippen molar-refractivity contribution in [3.63, 3.8) is 0 Å². The van der Waals surface area contributed by atoms with E-state index < -0.39 is 5.97 Å². The van der Waals surface area contributed by atoms with E-state index >= 15 is 0 Å². The van der Waals surface area contributed by atoms with Gasteiger partial charge < -0.3 is 15.2 Å². The highest BCUT2D eigenvalue weighted by molar-refractivity contribution is 6.33. The number of anilines is 1. The number of likely N-dealkylation sites (tertiary alicyclic amines) is 1. The summed E-state index contributed by atoms with van der Waals surface area (Å²) in [5, 5.41) is 0.317. The largest absolute Gasteiger partial charge is 0.496 e. The number of nitrogen functional groups attached to an aromatic ring is 1. The van der Waals surface area contributed by atoms with E-state index in [0.29, 0.717) is 34.5 Å². The van der Waals surface area contributed by atoms with Crippen LogP contribution in [0.2, 0.25) is 5.02 Å². The van der Waals surface area contributed by atoms with E-state index in [-0.39, 0.29) is 0 Å². The number of hydrogen-bond donors (Lipinski definition) is 1. The van der Waals surface area contributed by atoms with Crippen LogP contribution in [0.1, 0.15) is 30.1 Å². The van der Waals surface area contributed by atoms with Crippen molar-refractivity contribution in [2.75, 3.05) is 39.1 Å². The van der Waals surface area contributed by atoms with Crippen molar-refractivity contribution in [1.82, 2.24) is 4.90 Å². The standard InChI is InChI=1S/C16H23ClN2O3/c1-11-4-3-5-19(10-11)6-7-22-16(20)12-8-13(17)14(18)9-15(12)21-2/h8-9,11H,3-7,10,18H2,1-2H3/t11-/m0/s1. The van der Waals surface area contributed by atoms with Crippen molar-refractivity contribution in [3.8, 4) is 5.75 Å². The van der Waals surface area contributed by atoms with Gasteiger partial charge in [0.05, 0.1) is 17.8 Å². The van der Waals surface area contributed by atoms with Crippen molar-refractivity contribution >= 4 is 23.3 Å². The van der Waals surface area contributed by atoms with Gasteiger partial charge in [0.1, 0.15) is 17.9 Å². The maximum Gasteiger partial charge on any atom is 0.342 e. The number of esters is 1. The first-order valence-electron chi connectivity index (χ1n) is 7.53. The molecule has 0 radical (unpaired) electrons. The normalized spacial score (nSPS) is 19.0. The number of benzene rings is 1. The van der Waals surface area contributed by atoms with Crippen LogP contribution in [0.3, 0.4) is 0 Å². The quantitative estimate of drug-likeness (QED) is 0.666. The Bertz CT molecular complexity index is 536. The van der Waals surface area contributed by atoms with Crippen LogP contribution in [0.25, 0.3) is 0 Å². The Hall–Kier alpha value is -1.46. The minimum Gasteiger partial charge on any atom is -0.496 e. The van der Waals surface area contributed by atoms with E-state index in [4.69, 9.17) is 26.8 Å². The van der Waals surface area contributed by atoms with Gasteiger partial charge in [0.2, 0.25) is 0 Å². The second kappa shape index (κ2) is 7.70. The fourth-order valence-electron chi connectivity index (χ4n) is 2.73. The molecule has 0 bridgehead atoms. The van der Waals surface area contributed by atoms with Crippen LogP contribution >= 0.6 is 11.6 Å². The average Bonchev–Trinajstić information content (AvgIpc) is 2.49. The van der Waals surface area contributed by atoms with E-state index in [2.05, 4.69) is 11.8 Å². The molecule has 5 nitrogen and oxygen atoms in total. The lowest BCUT2D eigenvalue weighted by Gasteiger charge is -2.30. The highest BCUT2D eigenvalue weighted by atomic mass is 35.5. The molecule has 0 aromatic heterocycles. The summed E-state index contributed by atoms with van der Waals surface area (Å²) < 4.78 is 10.5. The smallest absolute Gasteiger partial charge is 0.342 e. The monoisotopic (exact) mass is 326 g/mol. The molecule has 122 valence electrons. The van der Waals surface area contributed by atoms with Gasteiger partial charge in [-0.05, 0) is 31.4 Å². The fraction of sp³-hybridized carbons (Fsp3) is 0.562. The molecule has 6 heteroatoms. The number of rotatable bonds is 5. The maximum atomic E-state index is 12.2. The summed E-state index contributed by atoms with van der Waals surface area (Å²) in [5.41, 5.74) is 6.38. The highest BCUT2D eigenvalue weighted by Crippen LogP contribution is 2.29. The molecule has 1 saturated heterocycles. The summed E-state index contributed by atoms with van der Waals surface area (Å²) in [6.45, 7) is 5.49. The third-order valence-electron chi connectivity index (χ3n) is 3.92. The Labute approximate surface area is 136 Å². The maximum absolute atomic E-state index is 12.2. The zero-order valence-electron chi connectivity index (χ0n) is 13.1. The molecule has 1 aliphatic rings. The number of hydrogen-bond acceptors (Lipinski definition) is 5. The first-order valence-corrected chi connectivity index (χ1v) is 7.91. The van der Waals surface area contributed by atoms with E-state index in [1.165, 1.54) is 32.1 Å². The van der Waals surface area contributed by atoms with Gasteiger partial charge in [0.15, 0.2) is 0 Å². The van der Waals surface area contributed by atoms with Crippen LogP contribution < -0.4 is 10.5 Å². The van der Waals surface area contributed by atoms with Crippen molar-refractivity contribution in [2.45, 2.75) is 19.8 Å². The fourth-order valence-corrected chi connectivity index (χ4v) is 2.90. The van der Waals surface area contributed by atoms with Crippen molar-refractivity contribution in [1.29, 1.82) is 0 Å². The van der Waals surface area contributed by atoms with Gasteiger partial charge in [0.25, 0.3) is 0 Å². The van der Waals surface area contributed by atoms with Crippen LogP contribution in [0.15, 0.2) is 12.1 Å². The lowest BCUT2D eigenvalue weighted by Crippen LogP contribution is -2.36. The van der Waals surface area contributed by atoms with Crippen molar-refractivity contribution in [2.24, 2.45) is 5.92 Å². The molecule has 0 unspecified atom stereocenters. The molecule has 1 aromatic carbocycles. The molecular formula is C16H23ClN2O3. The number of piperidine rings is 1. The van der Waals surface area contributed by atoms with Crippen LogP contribution in [-0.2, 0) is 4.74 Å². The van der Waals surface area contributed by atoms with Gasteiger partial charge in [-0.15, -0.1) is 0 Å². The average molecular weight is 327 g/mol. The van der Waals surface area contributed by atoms with Gasteiger partial charge >= 0.3 is 5.97 Å². The number of nitrogens with zero attached hydrogens (tertiary/aromatic N) is 1. The molecule has 1 atom stereocenters. The molecule has 2 rings (SSSR count). The predicted molar refractivity (Wildman–Crippen MR) is 87.5 cm³/mol. The van der Waals surface area contributed by atoms with Crippen LogP contribution in [0.5, 0.6) is 5.75 Å². The summed E-state index contributed by atoms with van der Waals surface area (Å²) in [6.07, 6.45) is 2.48. The van der Waals surface area contributed by atoms with Crippen molar-refractivity contribution in [3.05, 3.63) is 22.7 Å². The predicted octanol–water partition coefficient (Wildman–Crippen LogP) is 2.82. The van der Waals surface area contributed by atoms with E-state index in [0.717, 1.165) is 19.6 Å². The van der Waals surface area contributed by atoms with Gasteiger partial charge in [-0.1, -0.05) is 18.5 Å². The second-order valence-electron chi connectivity index (χ2n) is 5.76. The van der Waals surface area contributed by atoms with Crippen LogP contribution in [-0.4, -0.2) is 44.2 Å². The number of methoxy groups -OCH3 is 1. The highest BCUT2D eigenvalue weighted by Gasteiger charge is 2.19. The van der Waals surface area contributed by atoms with E-state index in [1.54, 1.807) is 0 Å². The number of ether oxygens (including phenoxy) is 2. The Morgan fingerprint density at radius 1 is 1.50 bits per heavy atom. The summed E-state index contributed by atoms with van der Waals surface area (Å²) in [4.78, 5) is 14.5. The minimum atomic E-state index is -0.441. The Morgan fingerprint density at radius 3 is 2.95 bits per heavy atom. The minimum absolute atomic E-state index is 0.300. The molecule has 2 N–H and O–H groups in total. The first kappa shape index (κ1) is 16.9. The SMILES string of the molecule is COc1cc(N)c(Cl)cc1C(=O)OCCN1CCC[C@H](C)C1. The van der Waals surface area contributed by atoms with E-state index in [9.17, 15) is 4.79 Å². The molecule has 1 heterocycles. The zero-order valence-corrected chi connectivity index (χ0v) is 13.9. The van der Waals surface area contributed by atoms with Gasteiger partial charge in [0, 0.05) is 19.2 Å². The molecule has 1 aromatic rings. The van der Waals surface area contributed by atoms with Gasteiger partial charge in [-0.3, -0.25) is 4.90 Å². The lowest BCUT2D eigenvalue weighted by atomic mass is 10.0. The summed E-state index contributed by atoms with van der Waals surface area (Å²) in [5.74, 6) is 0.641. The molecule has 0 aliphatic carbocycles. The number of halogens is 1. The van der Waals surface area contributed by atoms with Crippen LogP contribution in [0.4, 0.5) is 5.69 Å². The summed E-state index contributed by atoms with van der Waals surface area (Å²) >= 11 is 5.96. The lowest BCUT2D eigenvalue weighted by molar-refractivity contribution is 0.0435. The molecule has 0 saturated carbocycles. The Morgan fingerprint density at radius 2 is 2.27 bits per heavy atom. The number of carbonyl (C=O) groups excluding carboxylic acids is 1. The second-order valence-corrected chi connectivity index (χ2v) is 6.17. The molecular weight excluding hydrogens is 304 g/mol. The summed E-state index contributed by atoms with van der Waals surface area (Å²) in [6, 6.07) is 3.02. The van der Waals surface area contributed by atoms with Gasteiger partial charge in [-0.25, -0.2) is 4.79 Å². The first-order chi connectivity index (χ1) is 10.5. The third-order valence-corrected chi connectivity index (χ3v) is 4.25. The topological polar surface area (TPSA) is 64.8 Å². The zero-order chi connectivity index (χ0) is 16.1. The molecule has 0 spiro atoms. The Kier molecular flexibility index (Phi) is 5.91. The molecule has 1 fully saturated rings. The van der Waals surface area contributed by atoms with Crippen LogP contribution in [0, 0.1) is 5.92 Å². The molecule has 0 amide bonds. The Balaban J connectivity index is 1.91. The molecule has 1 aliphatic heterocycles. The van der Waals surface area contributed by atoms with E-state index in [1.807, 2.05) is 0 Å². The molecule has 22 heavy (non-hydrogen) atoms. The van der Waals surface area contributed by atoms with Gasteiger partial charge in [-0.2, -0.15) is 0 Å². The number of carbonyl (C=O) groups is 1. The number of nitrogens with two attached hydrogens (primary N) is 1.